The van der Waals surface area contributed by atoms with Gasteiger partial charge in [0.05, 0.1) is 28.7 Å². The molecule has 9 heteroatoms. The largest absolute Gasteiger partial charge is 0.511 e. The number of benzene rings is 4. The Balaban J connectivity index is 0.000000309. The number of aliphatic hydroxyl groups excluding tert-OH is 1. The van der Waals surface area contributed by atoms with Gasteiger partial charge >= 0.3 is 12.0 Å². The molecule has 6 aromatic rings. The normalized spacial score (nSPS) is 12.4. The monoisotopic (exact) mass is 912 g/mol. The van der Waals surface area contributed by atoms with Gasteiger partial charge in [0.15, 0.2) is 5.69 Å². The second kappa shape index (κ2) is 16.9. The molecule has 2 N–H and O–H groups in total. The predicted octanol–water partition coefficient (Wildman–Crippen LogP) is 12.7. The number of aromatic nitrogens is 3. The van der Waals surface area contributed by atoms with Gasteiger partial charge in [-0.05, 0) is 95.2 Å². The number of fused-ring (bicyclic) bond motifs is 4. The van der Waals surface area contributed by atoms with E-state index in [9.17, 15) is 23.1 Å². The third-order valence-corrected chi connectivity index (χ3v) is 11.0. The number of ketones is 1. The molecule has 0 bridgehead atoms. The van der Waals surface area contributed by atoms with E-state index in [4.69, 9.17) is 0 Å². The molecule has 54 heavy (non-hydrogen) atoms. The van der Waals surface area contributed by atoms with Gasteiger partial charge in [0.25, 0.3) is 0 Å². The van der Waals surface area contributed by atoms with Crippen molar-refractivity contribution in [3.8, 4) is 22.4 Å². The fraction of sp³-hybridized carbons (Fsp3) is 0.333. The van der Waals surface area contributed by atoms with E-state index in [1.54, 1.807) is 24.3 Å². The number of carbonyl (C=O) groups excluding carboxylic acids is 1. The summed E-state index contributed by atoms with van der Waals surface area (Å²) in [5.74, 6) is 0.598. The van der Waals surface area contributed by atoms with Crippen molar-refractivity contribution in [1.82, 2.24) is 15.0 Å². The van der Waals surface area contributed by atoms with Gasteiger partial charge < -0.3 is 10.1 Å². The van der Waals surface area contributed by atoms with Crippen LogP contribution in [0.25, 0.3) is 55.0 Å². The molecule has 0 saturated carbocycles. The molecule has 1 radical (unpaired) electrons. The second-order valence-electron chi connectivity index (χ2n) is 14.4. The van der Waals surface area contributed by atoms with E-state index in [2.05, 4.69) is 92.0 Å². The van der Waals surface area contributed by atoms with Crippen LogP contribution in [0.3, 0.4) is 0 Å². The predicted molar refractivity (Wildman–Crippen MR) is 212 cm³/mol. The molecule has 2 heterocycles. The number of allylic oxidation sites excluding steroid dienone is 2. The first-order valence-electron chi connectivity index (χ1n) is 18.2. The first-order valence-corrected chi connectivity index (χ1v) is 18.2. The molecule has 5 nitrogen and oxygen atoms in total. The van der Waals surface area contributed by atoms with E-state index in [0.29, 0.717) is 17.1 Å². The first kappa shape index (κ1) is 42.3. The van der Waals surface area contributed by atoms with E-state index in [0.717, 1.165) is 81.4 Å². The number of rotatable bonds is 9. The van der Waals surface area contributed by atoms with Gasteiger partial charge in [0, 0.05) is 31.7 Å². The molecule has 0 amide bonds. The summed E-state index contributed by atoms with van der Waals surface area (Å²) < 4.78 is 38.9. The van der Waals surface area contributed by atoms with E-state index in [1.165, 1.54) is 5.56 Å². The third kappa shape index (κ3) is 8.90. The van der Waals surface area contributed by atoms with Crippen LogP contribution in [0, 0.1) is 30.7 Å². The van der Waals surface area contributed by atoms with Crippen molar-refractivity contribution in [3.05, 3.63) is 114 Å². The van der Waals surface area contributed by atoms with Crippen molar-refractivity contribution in [2.75, 3.05) is 0 Å². The topological polar surface area (TPSA) is 80.3 Å². The van der Waals surface area contributed by atoms with Gasteiger partial charge in [-0.1, -0.05) is 78.8 Å². The average molecular weight is 912 g/mol. The molecule has 0 aliphatic heterocycles. The number of alkyl halides is 3. The Morgan fingerprint density at radius 2 is 1.39 bits per heavy atom. The molecule has 285 valence electrons. The van der Waals surface area contributed by atoms with Crippen molar-refractivity contribution in [1.29, 1.82) is 0 Å². The summed E-state index contributed by atoms with van der Waals surface area (Å²) in [5.41, 5.74) is 5.10. The van der Waals surface area contributed by atoms with Gasteiger partial charge in [-0.25, -0.2) is 4.98 Å². The van der Waals surface area contributed by atoms with Crippen LogP contribution >= 0.6 is 0 Å². The summed E-state index contributed by atoms with van der Waals surface area (Å²) in [6.45, 7) is 16.4. The summed E-state index contributed by atoms with van der Waals surface area (Å²) in [4.78, 5) is 22.5. The SMILES string of the molecule is CCC(C)(CC)C(=[OH+])/C=C(\O)C(C)(CC)CC.Cc1[c-]c(-c2nccc3c2ccc2cc(-c4ccc5nc(C(F)(F)F)cnc5c4)ccc23)cc(C)c1.[Ir]. The first-order chi connectivity index (χ1) is 25.0. The number of hydrogen-bond acceptors (Lipinski definition) is 4. The van der Waals surface area contributed by atoms with Crippen molar-refractivity contribution in [2.45, 2.75) is 87.2 Å². The molecule has 4 aromatic carbocycles. The third-order valence-electron chi connectivity index (χ3n) is 11.0. The summed E-state index contributed by atoms with van der Waals surface area (Å²) in [6, 6.07) is 25.1. The molecule has 0 atom stereocenters. The van der Waals surface area contributed by atoms with Crippen LogP contribution < -0.4 is 0 Å². The number of hydrogen-bond donors (Lipinski definition) is 1. The van der Waals surface area contributed by atoms with Gasteiger partial charge in [-0.2, -0.15) is 13.2 Å². The molecule has 0 aliphatic carbocycles. The summed E-state index contributed by atoms with van der Waals surface area (Å²) in [5, 5.41) is 14.5. The van der Waals surface area contributed by atoms with Crippen molar-refractivity contribution in [2.24, 2.45) is 10.8 Å². The summed E-state index contributed by atoms with van der Waals surface area (Å²) in [7, 11) is 0. The van der Waals surface area contributed by atoms with Crippen LogP contribution in [-0.2, 0) is 26.3 Å². The summed E-state index contributed by atoms with van der Waals surface area (Å²) in [6.07, 6.45) is 3.13. The van der Waals surface area contributed by atoms with Crippen LogP contribution in [0.4, 0.5) is 13.2 Å². The molecular weight excluding hydrogens is 864 g/mol. The second-order valence-corrected chi connectivity index (χ2v) is 14.4. The zero-order chi connectivity index (χ0) is 38.7. The molecule has 0 spiro atoms. The zero-order valence-corrected chi connectivity index (χ0v) is 34.5. The molecular formula is C45H48F3IrN3O2. The van der Waals surface area contributed by atoms with Crippen LogP contribution in [0.1, 0.15) is 84.0 Å². The molecule has 0 aliphatic rings. The van der Waals surface area contributed by atoms with E-state index >= 15 is 0 Å². The fourth-order valence-electron chi connectivity index (χ4n) is 6.44. The minimum atomic E-state index is -4.52. The fourth-order valence-corrected chi connectivity index (χ4v) is 6.44. The maximum Gasteiger partial charge on any atom is 0.434 e. The van der Waals surface area contributed by atoms with Crippen LogP contribution in [0.2, 0.25) is 0 Å². The van der Waals surface area contributed by atoms with Gasteiger partial charge in [-0.3, -0.25) is 9.78 Å². The Kier molecular flexibility index (Phi) is 13.2. The molecule has 0 fully saturated rings. The van der Waals surface area contributed by atoms with E-state index in [1.807, 2.05) is 39.1 Å². The molecule has 0 saturated heterocycles. The number of aliphatic hydroxyl groups is 1. The number of halogens is 3. The van der Waals surface area contributed by atoms with Crippen LogP contribution in [-0.4, -0.2) is 30.6 Å². The Morgan fingerprint density at radius 1 is 0.759 bits per heavy atom. The van der Waals surface area contributed by atoms with Gasteiger partial charge in [0.2, 0.25) is 0 Å². The Labute approximate surface area is 329 Å². The summed E-state index contributed by atoms with van der Waals surface area (Å²) >= 11 is 0. The Hall–Kier alpha value is -4.46. The molecule has 6 rings (SSSR count). The Bertz CT molecular complexity index is 2310. The maximum absolute atomic E-state index is 13.0. The smallest absolute Gasteiger partial charge is 0.434 e. The number of aryl methyl sites for hydroxylation is 2. The van der Waals surface area contributed by atoms with Gasteiger partial charge in [-0.15, -0.1) is 34.9 Å². The van der Waals surface area contributed by atoms with E-state index < -0.39 is 11.9 Å². The minimum Gasteiger partial charge on any atom is -0.511 e. The Morgan fingerprint density at radius 3 is 2.02 bits per heavy atom. The number of pyridine rings is 1. The maximum atomic E-state index is 13.0. The van der Waals surface area contributed by atoms with E-state index in [-0.39, 0.29) is 36.5 Å². The standard InChI is InChI=1S/C30H19F3N3.C15H28O2.Ir/c1-17-11-18(2)13-22(12-17)29-25-7-4-21-14-19(3-6-23(21)24(25)9-10-34-29)20-5-8-26-27(15-20)35-16-28(36-26)30(31,32)33;1-7-14(5,8-2)12(16)11-13(17)15(6,9-3)10-4;/h3-12,14-16H,1-2H3;11,16H,7-10H2,1-6H3;/q-1;;/p+1/b;12-11-;. The van der Waals surface area contributed by atoms with Crippen molar-refractivity contribution >= 4 is 38.4 Å². The zero-order valence-electron chi connectivity index (χ0n) is 32.1. The quantitative estimate of drug-likeness (QED) is 0.0515. The average Bonchev–Trinajstić information content (AvgIpc) is 3.15. The van der Waals surface area contributed by atoms with Crippen molar-refractivity contribution in [3.63, 3.8) is 0 Å². The van der Waals surface area contributed by atoms with Crippen LogP contribution in [0.5, 0.6) is 0 Å². The van der Waals surface area contributed by atoms with Crippen molar-refractivity contribution < 1.29 is 43.2 Å². The minimum absolute atomic E-state index is 0. The van der Waals surface area contributed by atoms with Gasteiger partial charge in [0.1, 0.15) is 5.76 Å². The number of nitrogens with zero attached hydrogens (tertiary/aromatic N) is 3. The molecule has 0 unspecified atom stereocenters. The molecule has 2 aromatic heterocycles. The van der Waals surface area contributed by atoms with Crippen LogP contribution in [0.15, 0.2) is 91.0 Å².